The van der Waals surface area contributed by atoms with Crippen LogP contribution in [0.15, 0.2) is 36.5 Å². The fourth-order valence-electron chi connectivity index (χ4n) is 7.81. The van der Waals surface area contributed by atoms with Crippen LogP contribution in [0.2, 0.25) is 0 Å². The molecular weight excluding hydrogens is 832 g/mol. The number of esters is 1. The van der Waals surface area contributed by atoms with Crippen LogP contribution in [0, 0.1) is 0 Å². The van der Waals surface area contributed by atoms with Gasteiger partial charge in [-0.15, -0.1) is 0 Å². The van der Waals surface area contributed by atoms with Crippen LogP contribution >= 0.6 is 7.82 Å². The van der Waals surface area contributed by atoms with Gasteiger partial charge in [0.2, 0.25) is 5.91 Å². The van der Waals surface area contributed by atoms with Crippen molar-refractivity contribution in [1.29, 1.82) is 0 Å². The van der Waals surface area contributed by atoms with Crippen LogP contribution < -0.4 is 5.32 Å². The second-order valence-electron chi connectivity index (χ2n) is 19.8. The Labute approximate surface area is 402 Å². The van der Waals surface area contributed by atoms with Crippen molar-refractivity contribution in [1.82, 2.24) is 5.32 Å². The van der Waals surface area contributed by atoms with E-state index in [2.05, 4.69) is 50.4 Å². The third-order valence-corrected chi connectivity index (χ3v) is 13.1. The van der Waals surface area contributed by atoms with Crippen LogP contribution in [0.25, 0.3) is 0 Å². The maximum Gasteiger partial charge on any atom is 0.472 e. The van der Waals surface area contributed by atoms with Crippen LogP contribution in [-0.4, -0.2) is 74.3 Å². The highest BCUT2D eigenvalue weighted by Gasteiger charge is 2.30. The lowest BCUT2D eigenvalue weighted by Gasteiger charge is -2.27. The Morgan fingerprint density at radius 2 is 0.923 bits per heavy atom. The summed E-state index contributed by atoms with van der Waals surface area (Å²) in [7, 11) is 1.49. The summed E-state index contributed by atoms with van der Waals surface area (Å²) in [5.41, 5.74) is 0. The summed E-state index contributed by atoms with van der Waals surface area (Å²) in [5, 5.41) is 3.04. The maximum atomic E-state index is 13.4. The van der Waals surface area contributed by atoms with Gasteiger partial charge in [0.1, 0.15) is 19.3 Å². The van der Waals surface area contributed by atoms with Crippen molar-refractivity contribution in [3.8, 4) is 0 Å². The molecule has 0 fully saturated rings. The quantitative estimate of drug-likeness (QED) is 0.0156. The lowest BCUT2D eigenvalue weighted by molar-refractivity contribution is -0.870. The molecule has 10 heteroatoms. The Hall–Kier alpha value is -1.77. The normalized spacial score (nSPS) is 14.1. The van der Waals surface area contributed by atoms with E-state index in [1.807, 2.05) is 33.3 Å². The van der Waals surface area contributed by atoms with Gasteiger partial charge in [0.25, 0.3) is 0 Å². The number of carbonyl (C=O) groups is 2. The summed E-state index contributed by atoms with van der Waals surface area (Å²) in [6, 6.07) is -0.846. The van der Waals surface area contributed by atoms with E-state index in [0.29, 0.717) is 17.4 Å². The van der Waals surface area contributed by atoms with Crippen molar-refractivity contribution >= 4 is 19.7 Å². The van der Waals surface area contributed by atoms with Crippen molar-refractivity contribution in [2.75, 3.05) is 40.9 Å². The summed E-state index contributed by atoms with van der Waals surface area (Å²) in [6.45, 7) is 6.97. The van der Waals surface area contributed by atoms with Gasteiger partial charge in [0.05, 0.1) is 33.8 Å². The van der Waals surface area contributed by atoms with Crippen LogP contribution in [0.4, 0.5) is 0 Å². The van der Waals surface area contributed by atoms with Crippen LogP contribution in [0.5, 0.6) is 0 Å². The number of quaternary nitrogens is 1. The van der Waals surface area contributed by atoms with E-state index < -0.39 is 20.0 Å². The maximum absolute atomic E-state index is 13.4. The number of amides is 1. The number of ether oxygens (including phenoxy) is 1. The molecule has 0 aliphatic heterocycles. The number of nitrogens with one attached hydrogen (secondary N) is 1. The molecule has 3 atom stereocenters. The summed E-state index contributed by atoms with van der Waals surface area (Å²) in [6.07, 6.45) is 52.7. The van der Waals surface area contributed by atoms with Gasteiger partial charge in [-0.3, -0.25) is 18.6 Å². The zero-order valence-electron chi connectivity index (χ0n) is 43.5. The number of phosphoric acid groups is 1. The number of rotatable bonds is 49. The molecule has 0 saturated heterocycles. The number of carbonyl (C=O) groups excluding carboxylic acids is 2. The Balaban J connectivity index is 5.38. The lowest BCUT2D eigenvalue weighted by atomic mass is 10.0. The topological polar surface area (TPSA) is 111 Å². The average Bonchev–Trinajstić information content (AvgIpc) is 3.26. The smallest absolute Gasteiger partial charge is 0.456 e. The van der Waals surface area contributed by atoms with Crippen LogP contribution in [0.1, 0.15) is 252 Å². The second kappa shape index (κ2) is 46.0. The van der Waals surface area contributed by atoms with Gasteiger partial charge < -0.3 is 19.4 Å². The van der Waals surface area contributed by atoms with Gasteiger partial charge in [0, 0.05) is 12.8 Å². The minimum atomic E-state index is -4.44. The highest BCUT2D eigenvalue weighted by atomic mass is 31.2. The van der Waals surface area contributed by atoms with Crippen LogP contribution in [0.3, 0.4) is 0 Å². The van der Waals surface area contributed by atoms with Gasteiger partial charge in [-0.05, 0) is 57.4 Å². The van der Waals surface area contributed by atoms with E-state index in [9.17, 15) is 19.0 Å². The molecular formula is C55H106N2O7P+. The fourth-order valence-corrected chi connectivity index (χ4v) is 8.55. The summed E-state index contributed by atoms with van der Waals surface area (Å²) in [4.78, 5) is 37.4. The predicted molar refractivity (Wildman–Crippen MR) is 277 cm³/mol. The minimum absolute atomic E-state index is 0.0400. The van der Waals surface area contributed by atoms with Gasteiger partial charge >= 0.3 is 13.8 Å². The first kappa shape index (κ1) is 63.2. The van der Waals surface area contributed by atoms with Crippen molar-refractivity contribution in [2.45, 2.75) is 264 Å². The number of hydrogen-bond donors (Lipinski definition) is 2. The van der Waals surface area contributed by atoms with Crippen molar-refractivity contribution in [2.24, 2.45) is 0 Å². The molecule has 1 amide bonds. The Bertz CT molecular complexity index is 1220. The number of nitrogens with zero attached hydrogens (tertiary/aromatic N) is 1. The monoisotopic (exact) mass is 938 g/mol. The molecule has 9 nitrogen and oxygen atoms in total. The Kier molecular flexibility index (Phi) is 44.7. The lowest BCUT2D eigenvalue weighted by Crippen LogP contribution is -2.47. The molecule has 0 aliphatic carbocycles. The first-order valence-corrected chi connectivity index (χ1v) is 28.8. The highest BCUT2D eigenvalue weighted by molar-refractivity contribution is 7.47. The van der Waals surface area contributed by atoms with Gasteiger partial charge in [-0.1, -0.05) is 218 Å². The molecule has 0 heterocycles. The van der Waals surface area contributed by atoms with Crippen molar-refractivity contribution in [3.05, 3.63) is 36.5 Å². The van der Waals surface area contributed by atoms with E-state index in [4.69, 9.17) is 13.8 Å². The second-order valence-corrected chi connectivity index (χ2v) is 21.2. The Morgan fingerprint density at radius 3 is 1.38 bits per heavy atom. The third-order valence-electron chi connectivity index (χ3n) is 12.1. The zero-order chi connectivity index (χ0) is 48.0. The number of phosphoric ester groups is 1. The van der Waals surface area contributed by atoms with E-state index in [1.54, 1.807) is 0 Å². The molecule has 382 valence electrons. The molecule has 0 aromatic heterocycles. The molecule has 0 radical (unpaired) electrons. The standard InChI is InChI=1S/C55H105N2O7P/c1-7-10-13-16-19-22-25-27-28-30-33-36-39-42-45-48-55(59)64-53(46-43-40-37-34-31-24-21-18-15-12-9-3)52(51-63-65(60,61)62-50-49-57(4,5)6)56-54(58)47-44-41-38-35-32-29-26-23-20-17-14-11-8-2/h19,22,25,27,43,46,52-53H,7-18,20-21,23-24,26,28-42,44-45,47-51H2,1-6H3,(H-,56,58,60,61)/p+1/b22-19+,27-25+,46-43+. The Morgan fingerprint density at radius 1 is 0.538 bits per heavy atom. The van der Waals surface area contributed by atoms with E-state index in [-0.39, 0.29) is 31.5 Å². The van der Waals surface area contributed by atoms with E-state index >= 15 is 0 Å². The van der Waals surface area contributed by atoms with E-state index in [1.165, 1.54) is 141 Å². The number of likely N-dealkylation sites (N-methyl/N-ethyl adjacent to an activating group) is 1. The van der Waals surface area contributed by atoms with Crippen molar-refractivity contribution in [3.63, 3.8) is 0 Å². The zero-order valence-corrected chi connectivity index (χ0v) is 44.4. The summed E-state index contributed by atoms with van der Waals surface area (Å²) >= 11 is 0. The van der Waals surface area contributed by atoms with E-state index in [0.717, 1.165) is 77.0 Å². The van der Waals surface area contributed by atoms with Crippen molar-refractivity contribution < 1.29 is 37.3 Å². The molecule has 0 bridgehead atoms. The highest BCUT2D eigenvalue weighted by Crippen LogP contribution is 2.43. The minimum Gasteiger partial charge on any atom is -0.456 e. The molecule has 0 saturated carbocycles. The molecule has 2 N–H and O–H groups in total. The van der Waals surface area contributed by atoms with Gasteiger partial charge in [0.15, 0.2) is 0 Å². The largest absolute Gasteiger partial charge is 0.472 e. The number of allylic oxidation sites excluding steroid dienone is 5. The number of unbranched alkanes of at least 4 members (excludes halogenated alkanes) is 30. The first-order chi connectivity index (χ1) is 31.4. The third kappa shape index (κ3) is 47.1. The molecule has 0 aromatic rings. The molecule has 0 spiro atoms. The average molecular weight is 938 g/mol. The van der Waals surface area contributed by atoms with Gasteiger partial charge in [-0.25, -0.2) is 4.57 Å². The fraction of sp³-hybridized carbons (Fsp3) is 0.855. The molecule has 0 aliphatic rings. The summed E-state index contributed by atoms with van der Waals surface area (Å²) < 4.78 is 30.5. The SMILES string of the molecule is CCCCC/C=C/C=C/CCCCCCCCC(=O)OC(/C=C/CCCCCCCCCCC)C(COP(=O)(O)OCC[N+](C)(C)C)NC(=O)CCCCCCCCCCCCCCC. The molecule has 0 aromatic carbocycles. The molecule has 0 rings (SSSR count). The molecule has 65 heavy (non-hydrogen) atoms. The number of hydrogen-bond acceptors (Lipinski definition) is 6. The molecule has 3 unspecified atom stereocenters. The summed E-state index contributed by atoms with van der Waals surface area (Å²) in [5.74, 6) is -0.513. The predicted octanol–water partition coefficient (Wildman–Crippen LogP) is 16.0. The first-order valence-electron chi connectivity index (χ1n) is 27.3. The van der Waals surface area contributed by atoms with Crippen LogP contribution in [-0.2, 0) is 27.9 Å². The van der Waals surface area contributed by atoms with Gasteiger partial charge in [-0.2, -0.15) is 0 Å².